The van der Waals surface area contributed by atoms with Crippen LogP contribution in [0.2, 0.25) is 0 Å². The van der Waals surface area contributed by atoms with Crippen LogP contribution < -0.4 is 0 Å². The number of hydrogen-bond donors (Lipinski definition) is 1. The molecule has 0 saturated heterocycles. The molecule has 32 heavy (non-hydrogen) atoms. The third-order valence-electron chi connectivity index (χ3n) is 6.18. The molecule has 1 aliphatic carbocycles. The van der Waals surface area contributed by atoms with Gasteiger partial charge < -0.3 is 14.7 Å². The van der Waals surface area contributed by atoms with Gasteiger partial charge in [-0.05, 0) is 49.0 Å². The Labute approximate surface area is 183 Å². The van der Waals surface area contributed by atoms with E-state index < -0.39 is 29.4 Å². The number of nitriles is 1. The molecule has 1 fully saturated rings. The number of methoxy groups -OCH3 is 1. The molecular formula is C23H24F4N2O3. The van der Waals surface area contributed by atoms with E-state index in [0.717, 1.165) is 31.4 Å². The van der Waals surface area contributed by atoms with E-state index in [1.54, 1.807) is 4.90 Å². The second-order valence-corrected chi connectivity index (χ2v) is 8.12. The highest BCUT2D eigenvalue weighted by Gasteiger charge is 2.43. The number of benzene rings is 1. The highest BCUT2D eigenvalue weighted by molar-refractivity contribution is 5.91. The van der Waals surface area contributed by atoms with E-state index in [1.807, 2.05) is 0 Å². The molecule has 0 radical (unpaired) electrons. The van der Waals surface area contributed by atoms with E-state index >= 15 is 0 Å². The summed E-state index contributed by atoms with van der Waals surface area (Å²) in [5, 5.41) is 20.0. The van der Waals surface area contributed by atoms with Crippen LogP contribution in [0.15, 0.2) is 40.7 Å². The minimum absolute atomic E-state index is 0.113. The predicted molar refractivity (Wildman–Crippen MR) is 108 cm³/mol. The first kappa shape index (κ1) is 23.8. The average molecular weight is 452 g/mol. The smallest absolute Gasteiger partial charge is 0.416 e. The van der Waals surface area contributed by atoms with Gasteiger partial charge in [-0.25, -0.2) is 9.18 Å². The summed E-state index contributed by atoms with van der Waals surface area (Å²) in [5.74, 6) is -3.53. The van der Waals surface area contributed by atoms with E-state index in [1.165, 1.54) is 14.0 Å². The fraction of sp³-hybridized carbons (Fsp3) is 0.478. The second-order valence-electron chi connectivity index (χ2n) is 8.12. The molecule has 2 aliphatic rings. The van der Waals surface area contributed by atoms with Gasteiger partial charge in [0.05, 0.1) is 17.7 Å². The molecule has 0 unspecified atom stereocenters. The molecule has 172 valence electrons. The minimum Gasteiger partial charge on any atom is -0.478 e. The molecule has 5 nitrogen and oxygen atoms in total. The standard InChI is InChI=1S/C23H24F4N2O3/c1-13-19(11-28)29(12-14-4-3-5-14)18(8-9-32-2)21(22(30)31)20(13)16-7-6-15(24)10-17(16)23(25,26)27/h6-7,10,14,20H,3-5,8-9,12H2,1-2H3,(H,30,31)/t20-/m1/s1. The second kappa shape index (κ2) is 9.33. The maximum absolute atomic E-state index is 13.8. The Morgan fingerprint density at radius 2 is 2.03 bits per heavy atom. The number of ether oxygens (including phenoxy) is 1. The van der Waals surface area contributed by atoms with Gasteiger partial charge in [0.15, 0.2) is 0 Å². The van der Waals surface area contributed by atoms with Crippen LogP contribution in [-0.4, -0.2) is 36.2 Å². The summed E-state index contributed by atoms with van der Waals surface area (Å²) in [5.41, 5.74) is -1.29. The van der Waals surface area contributed by atoms with Crippen LogP contribution in [0.25, 0.3) is 0 Å². The number of halogens is 4. The summed E-state index contributed by atoms with van der Waals surface area (Å²) in [7, 11) is 1.44. The van der Waals surface area contributed by atoms with Crippen molar-refractivity contribution in [1.29, 1.82) is 5.26 Å². The van der Waals surface area contributed by atoms with Crippen LogP contribution >= 0.6 is 0 Å². The molecule has 1 saturated carbocycles. The van der Waals surface area contributed by atoms with Crippen molar-refractivity contribution in [1.82, 2.24) is 4.90 Å². The zero-order valence-corrected chi connectivity index (χ0v) is 17.8. The number of carboxylic acids is 1. The molecular weight excluding hydrogens is 428 g/mol. The van der Waals surface area contributed by atoms with Gasteiger partial charge in [-0.15, -0.1) is 0 Å². The lowest BCUT2D eigenvalue weighted by atomic mass is 9.77. The SMILES string of the molecule is COCCC1=C(C(=O)O)[C@@H](c2ccc(F)cc2C(F)(F)F)C(C)=C(C#N)N1CC1CCC1. The molecule has 3 rings (SSSR count). The molecule has 9 heteroatoms. The Morgan fingerprint density at radius 1 is 1.34 bits per heavy atom. The van der Waals surface area contributed by atoms with Gasteiger partial charge >= 0.3 is 12.1 Å². The van der Waals surface area contributed by atoms with Crippen molar-refractivity contribution in [2.75, 3.05) is 20.3 Å². The highest BCUT2D eigenvalue weighted by atomic mass is 19.4. The molecule has 0 aromatic heterocycles. The van der Waals surface area contributed by atoms with Crippen LogP contribution in [0.5, 0.6) is 0 Å². The normalized spacial score (nSPS) is 19.8. The largest absolute Gasteiger partial charge is 0.478 e. The topological polar surface area (TPSA) is 73.6 Å². The van der Waals surface area contributed by atoms with Crippen LogP contribution in [-0.2, 0) is 15.7 Å². The monoisotopic (exact) mass is 452 g/mol. The van der Waals surface area contributed by atoms with Gasteiger partial charge in [-0.2, -0.15) is 18.4 Å². The lowest BCUT2D eigenvalue weighted by Gasteiger charge is -2.41. The Bertz CT molecular complexity index is 1000. The summed E-state index contributed by atoms with van der Waals surface area (Å²) < 4.78 is 60.2. The lowest BCUT2D eigenvalue weighted by molar-refractivity contribution is -0.139. The zero-order valence-electron chi connectivity index (χ0n) is 17.8. The van der Waals surface area contributed by atoms with Crippen molar-refractivity contribution in [3.8, 4) is 6.07 Å². The summed E-state index contributed by atoms with van der Waals surface area (Å²) >= 11 is 0. The average Bonchev–Trinajstić information content (AvgIpc) is 2.68. The van der Waals surface area contributed by atoms with Crippen LogP contribution in [0.3, 0.4) is 0 Å². The van der Waals surface area contributed by atoms with Crippen LogP contribution in [0.1, 0.15) is 49.7 Å². The number of carboxylic acid groups (broad SMARTS) is 1. The maximum atomic E-state index is 13.8. The third-order valence-corrected chi connectivity index (χ3v) is 6.18. The fourth-order valence-corrected chi connectivity index (χ4v) is 4.43. The van der Waals surface area contributed by atoms with Gasteiger partial charge in [0.1, 0.15) is 17.6 Å². The predicted octanol–water partition coefficient (Wildman–Crippen LogP) is 5.22. The molecule has 1 aliphatic heterocycles. The first-order valence-corrected chi connectivity index (χ1v) is 10.3. The summed E-state index contributed by atoms with van der Waals surface area (Å²) in [4.78, 5) is 14.0. The van der Waals surface area contributed by atoms with E-state index in [4.69, 9.17) is 4.74 Å². The number of aliphatic carboxylic acids is 1. The van der Waals surface area contributed by atoms with Gasteiger partial charge in [0.2, 0.25) is 0 Å². The van der Waals surface area contributed by atoms with Crippen molar-refractivity contribution >= 4 is 5.97 Å². The molecule has 1 atom stereocenters. The van der Waals surface area contributed by atoms with Crippen molar-refractivity contribution in [3.63, 3.8) is 0 Å². The van der Waals surface area contributed by atoms with E-state index in [9.17, 15) is 32.7 Å². The van der Waals surface area contributed by atoms with Gasteiger partial charge in [-0.1, -0.05) is 12.5 Å². The molecule has 0 bridgehead atoms. The Hall–Kier alpha value is -2.86. The van der Waals surface area contributed by atoms with Crippen molar-refractivity contribution in [2.24, 2.45) is 5.92 Å². The Balaban J connectivity index is 2.27. The van der Waals surface area contributed by atoms with Crippen molar-refractivity contribution in [2.45, 2.75) is 44.7 Å². The van der Waals surface area contributed by atoms with E-state index in [2.05, 4.69) is 6.07 Å². The molecule has 1 heterocycles. The van der Waals surface area contributed by atoms with Crippen molar-refractivity contribution < 1.29 is 32.2 Å². The quantitative estimate of drug-likeness (QED) is 0.575. The number of alkyl halides is 3. The molecule has 0 amide bonds. The van der Waals surface area contributed by atoms with Gasteiger partial charge in [0.25, 0.3) is 0 Å². The highest BCUT2D eigenvalue weighted by Crippen LogP contribution is 2.47. The third kappa shape index (κ3) is 4.51. The van der Waals surface area contributed by atoms with E-state index in [-0.39, 0.29) is 47.0 Å². The van der Waals surface area contributed by atoms with Gasteiger partial charge in [-0.3, -0.25) is 0 Å². The maximum Gasteiger partial charge on any atom is 0.416 e. The minimum atomic E-state index is -4.90. The number of allylic oxidation sites excluding steroid dienone is 2. The summed E-state index contributed by atoms with van der Waals surface area (Å²) in [6.45, 7) is 2.02. The van der Waals surface area contributed by atoms with Crippen LogP contribution in [0, 0.1) is 23.1 Å². The molecule has 1 N–H and O–H groups in total. The summed E-state index contributed by atoms with van der Waals surface area (Å²) in [6, 6.07) is 4.27. The number of carbonyl (C=O) groups is 1. The molecule has 1 aromatic rings. The van der Waals surface area contributed by atoms with Gasteiger partial charge in [0, 0.05) is 31.7 Å². The lowest BCUT2D eigenvalue weighted by Crippen LogP contribution is -2.38. The number of nitrogens with zero attached hydrogens (tertiary/aromatic N) is 2. The zero-order chi connectivity index (χ0) is 23.6. The molecule has 0 spiro atoms. The Kier molecular flexibility index (Phi) is 6.94. The Morgan fingerprint density at radius 3 is 2.53 bits per heavy atom. The van der Waals surface area contributed by atoms with Crippen molar-refractivity contribution in [3.05, 3.63) is 57.7 Å². The fourth-order valence-electron chi connectivity index (χ4n) is 4.43. The van der Waals surface area contributed by atoms with E-state index in [0.29, 0.717) is 12.6 Å². The first-order chi connectivity index (χ1) is 15.1. The first-order valence-electron chi connectivity index (χ1n) is 10.3. The number of rotatable bonds is 7. The van der Waals surface area contributed by atoms with Crippen LogP contribution in [0.4, 0.5) is 17.6 Å². The summed E-state index contributed by atoms with van der Waals surface area (Å²) in [6.07, 6.45) is -1.87. The molecule has 1 aromatic carbocycles. The number of hydrogen-bond acceptors (Lipinski definition) is 4.